The summed E-state index contributed by atoms with van der Waals surface area (Å²) < 4.78 is 0. The van der Waals surface area contributed by atoms with Crippen LogP contribution in [0, 0.1) is 0 Å². The summed E-state index contributed by atoms with van der Waals surface area (Å²) >= 11 is 0. The Morgan fingerprint density at radius 1 is 1.75 bits per heavy atom. The number of hydrogen-bond acceptors (Lipinski definition) is 2. The molecule has 50 valence electrons. The summed E-state index contributed by atoms with van der Waals surface area (Å²) in [5.41, 5.74) is 4.75. The smallest absolute Gasteiger partial charge is 0.0764 e. The molecule has 0 aromatic carbocycles. The first-order valence-electron chi connectivity index (χ1n) is 2.98. The molecule has 0 spiro atoms. The van der Waals surface area contributed by atoms with E-state index in [1.807, 2.05) is 13.8 Å². The van der Waals surface area contributed by atoms with Gasteiger partial charge in [-0.1, -0.05) is 6.92 Å². The molecule has 2 nitrogen and oxygen atoms in total. The average Bonchev–Trinajstić information content (AvgIpc) is 1.67. The molecule has 0 aliphatic carbocycles. The van der Waals surface area contributed by atoms with Crippen LogP contribution in [0.15, 0.2) is 0 Å². The molecular formula is C6H15NO. The number of rotatable bonds is 2. The van der Waals surface area contributed by atoms with Gasteiger partial charge in [-0.3, -0.25) is 0 Å². The fourth-order valence-corrected chi connectivity index (χ4v) is 0.322. The van der Waals surface area contributed by atoms with E-state index in [2.05, 4.69) is 0 Å². The van der Waals surface area contributed by atoms with Crippen molar-refractivity contribution in [3.63, 3.8) is 0 Å². The molecule has 0 aliphatic rings. The van der Waals surface area contributed by atoms with E-state index in [4.69, 9.17) is 5.73 Å². The van der Waals surface area contributed by atoms with Gasteiger partial charge in [0.25, 0.3) is 0 Å². The Morgan fingerprint density at radius 3 is 2.12 bits per heavy atom. The molecule has 0 radical (unpaired) electrons. The first-order chi connectivity index (χ1) is 3.50. The third-order valence-corrected chi connectivity index (χ3v) is 1.70. The molecule has 0 amide bonds. The van der Waals surface area contributed by atoms with Gasteiger partial charge in [-0.2, -0.15) is 0 Å². The van der Waals surface area contributed by atoms with E-state index in [-0.39, 0.29) is 6.04 Å². The van der Waals surface area contributed by atoms with Crippen molar-refractivity contribution >= 4 is 0 Å². The van der Waals surface area contributed by atoms with Crippen LogP contribution >= 0.6 is 0 Å². The van der Waals surface area contributed by atoms with Gasteiger partial charge in [0.15, 0.2) is 0 Å². The molecule has 0 aliphatic heterocycles. The molecule has 0 heterocycles. The highest BCUT2D eigenvalue weighted by Gasteiger charge is 2.21. The van der Waals surface area contributed by atoms with Gasteiger partial charge in [0, 0.05) is 6.04 Å². The fraction of sp³-hybridized carbons (Fsp3) is 1.00. The van der Waals surface area contributed by atoms with Crippen molar-refractivity contribution in [2.75, 3.05) is 0 Å². The molecule has 8 heavy (non-hydrogen) atoms. The summed E-state index contributed by atoms with van der Waals surface area (Å²) in [6.45, 7) is 5.48. The maximum absolute atomic E-state index is 9.28. The lowest BCUT2D eigenvalue weighted by Crippen LogP contribution is -2.42. The highest BCUT2D eigenvalue weighted by Crippen LogP contribution is 2.10. The normalized spacial score (nSPS) is 22.1. The SMILES string of the molecule is CC[C@](C)(O)[C@H](C)N. The molecule has 0 aromatic heterocycles. The van der Waals surface area contributed by atoms with Crippen LogP contribution in [-0.4, -0.2) is 16.7 Å². The Kier molecular flexibility index (Phi) is 2.44. The Labute approximate surface area is 50.7 Å². The lowest BCUT2D eigenvalue weighted by molar-refractivity contribution is 0.0347. The molecule has 0 aromatic rings. The zero-order valence-corrected chi connectivity index (χ0v) is 5.81. The van der Waals surface area contributed by atoms with Crippen molar-refractivity contribution < 1.29 is 5.11 Å². The van der Waals surface area contributed by atoms with Gasteiger partial charge in [0.2, 0.25) is 0 Å². The van der Waals surface area contributed by atoms with Crippen LogP contribution < -0.4 is 5.73 Å². The number of nitrogens with two attached hydrogens (primary N) is 1. The third-order valence-electron chi connectivity index (χ3n) is 1.70. The van der Waals surface area contributed by atoms with Crippen molar-refractivity contribution in [2.24, 2.45) is 5.73 Å². The predicted molar refractivity (Wildman–Crippen MR) is 34.6 cm³/mol. The highest BCUT2D eigenvalue weighted by atomic mass is 16.3. The second-order valence-corrected chi connectivity index (χ2v) is 2.50. The molecule has 0 unspecified atom stereocenters. The maximum Gasteiger partial charge on any atom is 0.0764 e. The molecule has 0 saturated carbocycles. The van der Waals surface area contributed by atoms with Crippen LogP contribution in [0.5, 0.6) is 0 Å². The molecule has 0 rings (SSSR count). The van der Waals surface area contributed by atoms with Gasteiger partial charge in [-0.05, 0) is 20.3 Å². The highest BCUT2D eigenvalue weighted by molar-refractivity contribution is 4.79. The summed E-state index contributed by atoms with van der Waals surface area (Å²) in [7, 11) is 0. The standard InChI is InChI=1S/C6H15NO/c1-4-6(3,8)5(2)7/h5,8H,4,7H2,1-3H3/t5-,6-/m0/s1. The molecule has 2 heteroatoms. The summed E-state index contributed by atoms with van der Waals surface area (Å²) in [6, 6.07) is -0.132. The van der Waals surface area contributed by atoms with Crippen molar-refractivity contribution in [1.82, 2.24) is 0 Å². The minimum Gasteiger partial charge on any atom is -0.389 e. The van der Waals surface area contributed by atoms with Crippen molar-refractivity contribution in [3.8, 4) is 0 Å². The average molecular weight is 117 g/mol. The summed E-state index contributed by atoms with van der Waals surface area (Å²) in [5, 5.41) is 9.28. The van der Waals surface area contributed by atoms with Crippen LogP contribution in [0.25, 0.3) is 0 Å². The topological polar surface area (TPSA) is 46.2 Å². The van der Waals surface area contributed by atoms with Gasteiger partial charge in [-0.25, -0.2) is 0 Å². The predicted octanol–water partition coefficient (Wildman–Crippen LogP) is 0.495. The summed E-state index contributed by atoms with van der Waals surface area (Å²) in [4.78, 5) is 0. The van der Waals surface area contributed by atoms with Crippen LogP contribution in [0.2, 0.25) is 0 Å². The molecule has 2 atom stereocenters. The molecule has 0 fully saturated rings. The van der Waals surface area contributed by atoms with Gasteiger partial charge in [0.05, 0.1) is 5.60 Å². The van der Waals surface area contributed by atoms with Gasteiger partial charge in [0.1, 0.15) is 0 Å². The Morgan fingerprint density at radius 2 is 2.12 bits per heavy atom. The third kappa shape index (κ3) is 1.80. The van der Waals surface area contributed by atoms with Crippen LogP contribution in [-0.2, 0) is 0 Å². The number of aliphatic hydroxyl groups is 1. The zero-order chi connectivity index (χ0) is 6.78. The monoisotopic (exact) mass is 117 g/mol. The largest absolute Gasteiger partial charge is 0.389 e. The Bertz CT molecular complexity index is 68.9. The second kappa shape index (κ2) is 2.46. The van der Waals surface area contributed by atoms with Crippen LogP contribution in [0.3, 0.4) is 0 Å². The van der Waals surface area contributed by atoms with Crippen molar-refractivity contribution in [2.45, 2.75) is 38.8 Å². The van der Waals surface area contributed by atoms with E-state index >= 15 is 0 Å². The molecule has 3 N–H and O–H groups in total. The van der Waals surface area contributed by atoms with Gasteiger partial charge >= 0.3 is 0 Å². The van der Waals surface area contributed by atoms with Crippen molar-refractivity contribution in [1.29, 1.82) is 0 Å². The van der Waals surface area contributed by atoms with E-state index in [1.165, 1.54) is 0 Å². The quantitative estimate of drug-likeness (QED) is 0.553. The Hall–Kier alpha value is -0.0800. The lowest BCUT2D eigenvalue weighted by atomic mass is 9.96. The van der Waals surface area contributed by atoms with Gasteiger partial charge in [-0.15, -0.1) is 0 Å². The van der Waals surface area contributed by atoms with Crippen molar-refractivity contribution in [3.05, 3.63) is 0 Å². The van der Waals surface area contributed by atoms with Gasteiger partial charge < -0.3 is 10.8 Å². The van der Waals surface area contributed by atoms with E-state index in [0.717, 1.165) is 0 Å². The van der Waals surface area contributed by atoms with E-state index < -0.39 is 5.60 Å². The lowest BCUT2D eigenvalue weighted by Gasteiger charge is -2.25. The number of hydrogen-bond donors (Lipinski definition) is 2. The minimum absolute atomic E-state index is 0.132. The van der Waals surface area contributed by atoms with Crippen LogP contribution in [0.4, 0.5) is 0 Å². The Balaban J connectivity index is 3.71. The van der Waals surface area contributed by atoms with E-state index in [1.54, 1.807) is 6.92 Å². The van der Waals surface area contributed by atoms with E-state index in [0.29, 0.717) is 6.42 Å². The minimum atomic E-state index is -0.681. The maximum atomic E-state index is 9.28. The first-order valence-corrected chi connectivity index (χ1v) is 2.98. The first kappa shape index (κ1) is 7.92. The fourth-order valence-electron chi connectivity index (χ4n) is 0.322. The second-order valence-electron chi connectivity index (χ2n) is 2.50. The van der Waals surface area contributed by atoms with E-state index in [9.17, 15) is 5.11 Å². The molecular weight excluding hydrogens is 102 g/mol. The molecule has 0 bridgehead atoms. The summed E-state index contributed by atoms with van der Waals surface area (Å²) in [6.07, 6.45) is 0.713. The zero-order valence-electron chi connectivity index (χ0n) is 5.81. The summed E-state index contributed by atoms with van der Waals surface area (Å²) in [5.74, 6) is 0. The molecule has 0 saturated heterocycles. The van der Waals surface area contributed by atoms with Crippen LogP contribution in [0.1, 0.15) is 27.2 Å².